The largest absolute Gasteiger partial charge is 0.332 e. The van der Waals surface area contributed by atoms with Crippen molar-refractivity contribution in [3.05, 3.63) is 67.6 Å². The Bertz CT molecular complexity index is 1220. The topological polar surface area (TPSA) is 86.2 Å². The van der Waals surface area contributed by atoms with Gasteiger partial charge in [0, 0.05) is 26.2 Å². The van der Waals surface area contributed by atoms with Gasteiger partial charge in [0.05, 0.1) is 11.2 Å². The summed E-state index contributed by atoms with van der Waals surface area (Å²) in [6.45, 7) is 5.94. The van der Waals surface area contributed by atoms with Gasteiger partial charge in [0.1, 0.15) is 5.82 Å². The molecule has 2 heterocycles. The summed E-state index contributed by atoms with van der Waals surface area (Å²) in [4.78, 5) is 29.1. The molecule has 0 unspecified atom stereocenters. The van der Waals surface area contributed by atoms with Crippen LogP contribution < -0.4 is 16.7 Å². The summed E-state index contributed by atoms with van der Waals surface area (Å²) < 4.78 is 17.7. The van der Waals surface area contributed by atoms with E-state index >= 15 is 0 Å². The van der Waals surface area contributed by atoms with Crippen molar-refractivity contribution >= 4 is 34.9 Å². The Kier molecular flexibility index (Phi) is 5.19. The predicted octanol–water partition coefficient (Wildman–Crippen LogP) is 2.25. The Morgan fingerprint density at radius 3 is 2.71 bits per heavy atom. The minimum Gasteiger partial charge on any atom is -0.299 e. The van der Waals surface area contributed by atoms with Crippen LogP contribution in [-0.2, 0) is 20.6 Å². The third kappa shape index (κ3) is 3.36. The first-order valence-corrected chi connectivity index (χ1v) is 8.64. The van der Waals surface area contributed by atoms with Crippen molar-refractivity contribution < 1.29 is 4.39 Å². The molecule has 0 saturated carbocycles. The maximum atomic E-state index is 13.9. The summed E-state index contributed by atoms with van der Waals surface area (Å²) >= 11 is 5.98. The normalized spacial score (nSPS) is 11.5. The number of hydrogen-bond acceptors (Lipinski definition) is 5. The molecule has 3 aromatic rings. The maximum absolute atomic E-state index is 13.9. The molecule has 0 radical (unpaired) electrons. The Labute approximate surface area is 164 Å². The Morgan fingerprint density at radius 2 is 2.07 bits per heavy atom. The van der Waals surface area contributed by atoms with E-state index in [0.717, 1.165) is 10.1 Å². The average Bonchev–Trinajstić information content (AvgIpc) is 2.98. The van der Waals surface area contributed by atoms with E-state index in [1.54, 1.807) is 17.6 Å². The number of rotatable bonds is 5. The molecular weight excluding hydrogens is 387 g/mol. The van der Waals surface area contributed by atoms with Crippen molar-refractivity contribution in [1.29, 1.82) is 0 Å². The fraction of sp³-hybridized carbons (Fsp3) is 0.222. The number of hydrogen-bond donors (Lipinski definition) is 1. The number of nitrogens with zero attached hydrogens (tertiary/aromatic N) is 5. The molecule has 0 atom stereocenters. The monoisotopic (exact) mass is 404 g/mol. The number of hydrazone groups is 1. The van der Waals surface area contributed by atoms with Gasteiger partial charge < -0.3 is 0 Å². The number of fused-ring (bicyclic) bond motifs is 1. The molecule has 0 fully saturated rings. The van der Waals surface area contributed by atoms with E-state index in [2.05, 4.69) is 22.1 Å². The van der Waals surface area contributed by atoms with Crippen LogP contribution in [0.25, 0.3) is 11.2 Å². The smallest absolute Gasteiger partial charge is 0.299 e. The van der Waals surface area contributed by atoms with E-state index in [4.69, 9.17) is 11.6 Å². The van der Waals surface area contributed by atoms with Gasteiger partial charge in [0.15, 0.2) is 11.2 Å². The lowest BCUT2D eigenvalue weighted by Gasteiger charge is -2.08. The highest BCUT2D eigenvalue weighted by molar-refractivity contribution is 6.33. The summed E-state index contributed by atoms with van der Waals surface area (Å²) in [6.07, 6.45) is 1.22. The lowest BCUT2D eigenvalue weighted by atomic mass is 10.2. The highest BCUT2D eigenvalue weighted by Gasteiger charge is 2.19. The molecule has 2 aromatic heterocycles. The number of allylic oxidation sites excluding steroid dienone is 1. The predicted molar refractivity (Wildman–Crippen MR) is 108 cm³/mol. The van der Waals surface area contributed by atoms with E-state index in [0.29, 0.717) is 0 Å². The van der Waals surface area contributed by atoms with Crippen molar-refractivity contribution in [2.24, 2.45) is 19.2 Å². The number of imidazole rings is 1. The third-order valence-corrected chi connectivity index (χ3v) is 4.46. The zero-order valence-electron chi connectivity index (χ0n) is 15.5. The van der Waals surface area contributed by atoms with E-state index in [9.17, 15) is 14.0 Å². The summed E-state index contributed by atoms with van der Waals surface area (Å²) in [5.41, 5.74) is 3.03. The first-order valence-electron chi connectivity index (χ1n) is 8.26. The molecule has 146 valence electrons. The van der Waals surface area contributed by atoms with Gasteiger partial charge in [-0.05, 0) is 19.1 Å². The van der Waals surface area contributed by atoms with Gasteiger partial charge >= 0.3 is 5.69 Å². The Morgan fingerprint density at radius 1 is 1.36 bits per heavy atom. The highest BCUT2D eigenvalue weighted by Crippen LogP contribution is 2.19. The first kappa shape index (κ1) is 19.6. The van der Waals surface area contributed by atoms with Gasteiger partial charge in [0.25, 0.3) is 5.56 Å². The van der Waals surface area contributed by atoms with Crippen LogP contribution >= 0.6 is 11.6 Å². The number of halogens is 2. The molecule has 0 aliphatic carbocycles. The van der Waals surface area contributed by atoms with Gasteiger partial charge in [-0.1, -0.05) is 29.8 Å². The number of anilines is 1. The van der Waals surface area contributed by atoms with E-state index in [1.807, 2.05) is 0 Å². The third-order valence-electron chi connectivity index (χ3n) is 4.13. The van der Waals surface area contributed by atoms with Crippen LogP contribution in [0.2, 0.25) is 5.02 Å². The van der Waals surface area contributed by atoms with Crippen molar-refractivity contribution in [3.63, 3.8) is 0 Å². The summed E-state index contributed by atoms with van der Waals surface area (Å²) in [6, 6.07) is 4.30. The van der Waals surface area contributed by atoms with Gasteiger partial charge in [-0.15, -0.1) is 0 Å². The van der Waals surface area contributed by atoms with Crippen LogP contribution in [0.4, 0.5) is 10.3 Å². The van der Waals surface area contributed by atoms with Crippen LogP contribution in [0.5, 0.6) is 0 Å². The maximum Gasteiger partial charge on any atom is 0.332 e. The van der Waals surface area contributed by atoms with Crippen LogP contribution in [0, 0.1) is 5.82 Å². The number of nitrogens with one attached hydrogen (secondary N) is 1. The van der Waals surface area contributed by atoms with Crippen LogP contribution in [-0.4, -0.2) is 24.9 Å². The van der Waals surface area contributed by atoms with Crippen LogP contribution in [0.3, 0.4) is 0 Å². The van der Waals surface area contributed by atoms with Crippen molar-refractivity contribution in [2.45, 2.75) is 13.5 Å². The molecule has 1 aromatic carbocycles. The fourth-order valence-electron chi connectivity index (χ4n) is 2.74. The molecule has 0 saturated heterocycles. The molecule has 1 N–H and O–H groups in total. The molecule has 0 amide bonds. The average molecular weight is 405 g/mol. The van der Waals surface area contributed by atoms with Gasteiger partial charge in [0.2, 0.25) is 5.95 Å². The number of aryl methyl sites for hydroxylation is 1. The lowest BCUT2D eigenvalue weighted by Crippen LogP contribution is -2.37. The van der Waals surface area contributed by atoms with Gasteiger partial charge in [-0.25, -0.2) is 14.6 Å². The second kappa shape index (κ2) is 7.43. The standard InChI is InChI=1S/C18H18ClFN6O2/c1-10(2)9-26-14-15(24(3)18(28)25(4)16(14)27)22-17(26)23-21-8-11-12(19)6-5-7-13(11)20/h5-8H,1,9H2,2-4H3,(H,22,23)/b21-8+. The van der Waals surface area contributed by atoms with E-state index in [-0.39, 0.29) is 34.2 Å². The van der Waals surface area contributed by atoms with Crippen LogP contribution in [0.1, 0.15) is 12.5 Å². The molecule has 0 bridgehead atoms. The van der Waals surface area contributed by atoms with Crippen molar-refractivity contribution in [2.75, 3.05) is 5.43 Å². The Balaban J connectivity index is 2.13. The molecule has 28 heavy (non-hydrogen) atoms. The summed E-state index contributed by atoms with van der Waals surface area (Å²) in [7, 11) is 2.92. The zero-order valence-corrected chi connectivity index (χ0v) is 16.3. The molecule has 0 aliphatic rings. The van der Waals surface area contributed by atoms with E-state index in [1.165, 1.54) is 37.0 Å². The molecule has 10 heteroatoms. The quantitative estimate of drug-likeness (QED) is 0.401. The zero-order chi connectivity index (χ0) is 20.6. The summed E-state index contributed by atoms with van der Waals surface area (Å²) in [5, 5.41) is 4.20. The molecule has 0 spiro atoms. The first-order chi connectivity index (χ1) is 13.2. The summed E-state index contributed by atoms with van der Waals surface area (Å²) in [5.74, 6) is -0.315. The minimum absolute atomic E-state index is 0.113. The van der Waals surface area contributed by atoms with Crippen molar-refractivity contribution in [3.8, 4) is 0 Å². The van der Waals surface area contributed by atoms with Crippen LogP contribution in [0.15, 0.2) is 45.0 Å². The van der Waals surface area contributed by atoms with E-state index < -0.39 is 17.1 Å². The van der Waals surface area contributed by atoms with Crippen molar-refractivity contribution in [1.82, 2.24) is 18.7 Å². The lowest BCUT2D eigenvalue weighted by molar-refractivity contribution is 0.626. The number of aromatic nitrogens is 4. The van der Waals surface area contributed by atoms with Gasteiger partial charge in [-0.3, -0.25) is 18.5 Å². The Hall–Kier alpha value is -3.20. The second-order valence-corrected chi connectivity index (χ2v) is 6.77. The molecule has 3 rings (SSSR count). The molecule has 0 aliphatic heterocycles. The molecular formula is C18H18ClFN6O2. The highest BCUT2D eigenvalue weighted by atomic mass is 35.5. The molecule has 8 nitrogen and oxygen atoms in total. The number of benzene rings is 1. The SMILES string of the molecule is C=C(C)Cn1c(N/N=C/c2c(F)cccc2Cl)nc2c1c(=O)n(C)c(=O)n2C. The second-order valence-electron chi connectivity index (χ2n) is 6.36. The fourth-order valence-corrected chi connectivity index (χ4v) is 2.96. The minimum atomic E-state index is -0.523. The van der Waals surface area contributed by atoms with Gasteiger partial charge in [-0.2, -0.15) is 10.1 Å².